The molecule has 1 aliphatic heterocycles. The number of rotatable bonds is 5. The van der Waals surface area contributed by atoms with E-state index in [0.717, 1.165) is 0 Å². The molecule has 2 rings (SSSR count). The van der Waals surface area contributed by atoms with E-state index in [9.17, 15) is 30.3 Å². The molecule has 0 saturated carbocycles. The second-order valence-corrected chi connectivity index (χ2v) is 5.39. The largest absolute Gasteiger partial charge is 0.507 e. The lowest BCUT2D eigenvalue weighted by molar-refractivity contribution is -0.277. The average Bonchev–Trinajstić information content (AvgIpc) is 2.54. The highest BCUT2D eigenvalue weighted by Crippen LogP contribution is 2.35. The zero-order chi connectivity index (χ0) is 18.0. The van der Waals surface area contributed by atoms with Crippen molar-refractivity contribution in [2.45, 2.75) is 37.6 Å². The van der Waals surface area contributed by atoms with Crippen molar-refractivity contribution >= 4 is 5.78 Å². The summed E-state index contributed by atoms with van der Waals surface area (Å²) in [4.78, 5) is 11.7. The van der Waals surface area contributed by atoms with Crippen molar-refractivity contribution in [3.05, 3.63) is 17.7 Å². The number of aromatic hydroxyl groups is 1. The Kier molecular flexibility index (Phi) is 5.62. The summed E-state index contributed by atoms with van der Waals surface area (Å²) in [6.07, 6.45) is -7.44. The number of Topliss-reactive ketones (excluding diaryl/α,β-unsaturated/α-hetero) is 1. The molecule has 1 aromatic carbocycles. The summed E-state index contributed by atoms with van der Waals surface area (Å²) < 4.78 is 15.6. The predicted octanol–water partition coefficient (Wildman–Crippen LogP) is -1.22. The molecule has 134 valence electrons. The SMILES string of the molecule is COc1cc(O)c(C(C)=O)c(O[C@H]2O[C@H](CO)[C@H](O)[C@H](O)[C@@H]2O)c1. The first-order chi connectivity index (χ1) is 11.3. The summed E-state index contributed by atoms with van der Waals surface area (Å²) in [6.45, 7) is 0.593. The lowest BCUT2D eigenvalue weighted by Gasteiger charge is -2.39. The highest BCUT2D eigenvalue weighted by molar-refractivity contribution is 5.99. The van der Waals surface area contributed by atoms with Gasteiger partial charge in [-0.05, 0) is 6.92 Å². The van der Waals surface area contributed by atoms with Gasteiger partial charge in [-0.3, -0.25) is 4.79 Å². The van der Waals surface area contributed by atoms with Crippen molar-refractivity contribution in [1.29, 1.82) is 0 Å². The number of hydrogen-bond acceptors (Lipinski definition) is 9. The third-order valence-corrected chi connectivity index (χ3v) is 3.73. The lowest BCUT2D eigenvalue weighted by Crippen LogP contribution is -2.60. The minimum atomic E-state index is -1.64. The second-order valence-electron chi connectivity index (χ2n) is 5.39. The van der Waals surface area contributed by atoms with Crippen molar-refractivity contribution in [2.24, 2.45) is 0 Å². The van der Waals surface area contributed by atoms with E-state index in [-0.39, 0.29) is 22.8 Å². The van der Waals surface area contributed by atoms with Gasteiger partial charge in [-0.2, -0.15) is 0 Å². The molecule has 9 nitrogen and oxygen atoms in total. The van der Waals surface area contributed by atoms with Crippen molar-refractivity contribution in [2.75, 3.05) is 13.7 Å². The molecule has 9 heteroatoms. The van der Waals surface area contributed by atoms with Gasteiger partial charge in [-0.1, -0.05) is 0 Å². The minimum Gasteiger partial charge on any atom is -0.507 e. The van der Waals surface area contributed by atoms with E-state index in [0.29, 0.717) is 0 Å². The molecule has 1 aliphatic rings. The fraction of sp³-hybridized carbons (Fsp3) is 0.533. The molecule has 1 aromatic rings. The van der Waals surface area contributed by atoms with Gasteiger partial charge in [0.15, 0.2) is 5.78 Å². The number of hydrogen-bond donors (Lipinski definition) is 5. The van der Waals surface area contributed by atoms with Crippen LogP contribution >= 0.6 is 0 Å². The molecule has 0 bridgehead atoms. The number of phenolic OH excluding ortho intramolecular Hbond substituents is 1. The van der Waals surface area contributed by atoms with Gasteiger partial charge in [0, 0.05) is 12.1 Å². The van der Waals surface area contributed by atoms with Crippen LogP contribution in [0.1, 0.15) is 17.3 Å². The Bertz CT molecular complexity index is 601. The number of aliphatic hydroxyl groups is 4. The molecule has 1 heterocycles. The first kappa shape index (κ1) is 18.4. The standard InChI is InChI=1S/C15H20O9/c1-6(17)11-8(18)3-7(22-2)4-9(11)23-15-14(21)13(20)12(19)10(5-16)24-15/h3-4,10,12-16,18-21H,5H2,1-2H3/t10-,12+,13+,14+,15+/m1/s1. The first-order valence-corrected chi connectivity index (χ1v) is 7.19. The van der Waals surface area contributed by atoms with E-state index >= 15 is 0 Å². The molecule has 0 aliphatic carbocycles. The van der Waals surface area contributed by atoms with Gasteiger partial charge < -0.3 is 39.7 Å². The van der Waals surface area contributed by atoms with Crippen LogP contribution in [-0.4, -0.2) is 75.7 Å². The minimum absolute atomic E-state index is 0.135. The quantitative estimate of drug-likeness (QED) is 0.415. The number of phenols is 1. The van der Waals surface area contributed by atoms with Gasteiger partial charge in [0.25, 0.3) is 0 Å². The van der Waals surface area contributed by atoms with Gasteiger partial charge in [-0.25, -0.2) is 0 Å². The molecule has 0 aromatic heterocycles. The monoisotopic (exact) mass is 344 g/mol. The molecule has 24 heavy (non-hydrogen) atoms. The Morgan fingerprint density at radius 2 is 1.88 bits per heavy atom. The summed E-state index contributed by atoms with van der Waals surface area (Å²) in [5, 5.41) is 48.6. The molecule has 0 radical (unpaired) electrons. The number of ether oxygens (including phenoxy) is 3. The van der Waals surface area contributed by atoms with Crippen LogP contribution in [0.5, 0.6) is 17.2 Å². The van der Waals surface area contributed by atoms with Crippen molar-refractivity contribution in [3.8, 4) is 17.2 Å². The Morgan fingerprint density at radius 3 is 2.42 bits per heavy atom. The van der Waals surface area contributed by atoms with Crippen LogP contribution in [0, 0.1) is 0 Å². The molecule has 5 N–H and O–H groups in total. The third-order valence-electron chi connectivity index (χ3n) is 3.73. The maximum Gasteiger partial charge on any atom is 0.229 e. The second kappa shape index (κ2) is 7.32. The summed E-state index contributed by atoms with van der Waals surface area (Å²) >= 11 is 0. The Balaban J connectivity index is 2.35. The van der Waals surface area contributed by atoms with Gasteiger partial charge >= 0.3 is 0 Å². The summed E-state index contributed by atoms with van der Waals surface area (Å²) in [7, 11) is 1.35. The van der Waals surface area contributed by atoms with E-state index < -0.39 is 43.1 Å². The molecule has 0 spiro atoms. The summed E-state index contributed by atoms with van der Waals surface area (Å²) in [6, 6.07) is 2.52. The third kappa shape index (κ3) is 3.45. The fourth-order valence-corrected chi connectivity index (χ4v) is 2.43. The van der Waals surface area contributed by atoms with E-state index in [4.69, 9.17) is 14.2 Å². The maximum atomic E-state index is 11.7. The molecule has 5 atom stereocenters. The molecular formula is C15H20O9. The van der Waals surface area contributed by atoms with Crippen molar-refractivity contribution in [1.82, 2.24) is 0 Å². The highest BCUT2D eigenvalue weighted by Gasteiger charge is 2.45. The van der Waals surface area contributed by atoms with Crippen molar-refractivity contribution in [3.63, 3.8) is 0 Å². The van der Waals surface area contributed by atoms with Crippen LogP contribution in [-0.2, 0) is 4.74 Å². The normalized spacial score (nSPS) is 30.0. The summed E-state index contributed by atoms with van der Waals surface area (Å²) in [5.41, 5.74) is -0.159. The fourth-order valence-electron chi connectivity index (χ4n) is 2.43. The number of ketones is 1. The molecular weight excluding hydrogens is 324 g/mol. The van der Waals surface area contributed by atoms with Gasteiger partial charge in [-0.15, -0.1) is 0 Å². The van der Waals surface area contributed by atoms with E-state index in [1.165, 1.54) is 26.2 Å². The van der Waals surface area contributed by atoms with Crippen LogP contribution in [0.15, 0.2) is 12.1 Å². The topological polar surface area (TPSA) is 146 Å². The van der Waals surface area contributed by atoms with Gasteiger partial charge in [0.1, 0.15) is 47.2 Å². The Labute approximate surface area is 137 Å². The smallest absolute Gasteiger partial charge is 0.229 e. The Hall–Kier alpha value is -1.91. The van der Waals surface area contributed by atoms with Crippen LogP contribution in [0.4, 0.5) is 0 Å². The molecule has 1 fully saturated rings. The predicted molar refractivity (Wildman–Crippen MR) is 79.1 cm³/mol. The van der Waals surface area contributed by atoms with Crippen LogP contribution < -0.4 is 9.47 Å². The number of benzene rings is 1. The van der Waals surface area contributed by atoms with E-state index in [1.807, 2.05) is 0 Å². The number of carbonyl (C=O) groups excluding carboxylic acids is 1. The van der Waals surface area contributed by atoms with Crippen LogP contribution in [0.25, 0.3) is 0 Å². The first-order valence-electron chi connectivity index (χ1n) is 7.19. The zero-order valence-corrected chi connectivity index (χ0v) is 13.1. The van der Waals surface area contributed by atoms with Gasteiger partial charge in [0.2, 0.25) is 6.29 Å². The summed E-state index contributed by atoms with van der Waals surface area (Å²) in [5.74, 6) is -0.836. The molecule has 0 amide bonds. The zero-order valence-electron chi connectivity index (χ0n) is 13.1. The van der Waals surface area contributed by atoms with E-state index in [1.54, 1.807) is 0 Å². The van der Waals surface area contributed by atoms with Crippen LogP contribution in [0.3, 0.4) is 0 Å². The highest BCUT2D eigenvalue weighted by atomic mass is 16.7. The van der Waals surface area contributed by atoms with Gasteiger partial charge in [0.05, 0.1) is 13.7 Å². The Morgan fingerprint density at radius 1 is 1.21 bits per heavy atom. The lowest BCUT2D eigenvalue weighted by atomic mass is 9.99. The van der Waals surface area contributed by atoms with Crippen molar-refractivity contribution < 1.29 is 44.5 Å². The molecule has 1 saturated heterocycles. The molecule has 0 unspecified atom stereocenters. The van der Waals surface area contributed by atoms with E-state index in [2.05, 4.69) is 0 Å². The number of methoxy groups -OCH3 is 1. The average molecular weight is 344 g/mol. The van der Waals surface area contributed by atoms with Crippen LogP contribution in [0.2, 0.25) is 0 Å². The number of carbonyl (C=O) groups is 1. The maximum absolute atomic E-state index is 11.7. The number of aliphatic hydroxyl groups excluding tert-OH is 4.